The summed E-state index contributed by atoms with van der Waals surface area (Å²) in [4.78, 5) is 9.42. The summed E-state index contributed by atoms with van der Waals surface area (Å²) >= 11 is 0. The van der Waals surface area contributed by atoms with Crippen LogP contribution < -0.4 is 9.64 Å². The van der Waals surface area contributed by atoms with Gasteiger partial charge in [-0.3, -0.25) is 4.90 Å². The van der Waals surface area contributed by atoms with E-state index in [1.165, 1.54) is 6.26 Å². The topological polar surface area (TPSA) is 88.8 Å². The van der Waals surface area contributed by atoms with Gasteiger partial charge in [-0.2, -0.15) is 4.98 Å². The second-order valence-corrected chi connectivity index (χ2v) is 10.3. The molecular formula is C21H32N4O4S. The van der Waals surface area contributed by atoms with Gasteiger partial charge in [-0.25, -0.2) is 8.42 Å². The maximum atomic E-state index is 11.7. The first kappa shape index (κ1) is 22.6. The first-order valence-corrected chi connectivity index (χ1v) is 12.3. The number of sulfone groups is 1. The van der Waals surface area contributed by atoms with Crippen molar-refractivity contribution in [3.63, 3.8) is 0 Å². The molecule has 1 aromatic heterocycles. The Balaban J connectivity index is 1.45. The van der Waals surface area contributed by atoms with E-state index in [0.717, 1.165) is 38.4 Å². The predicted octanol–water partition coefficient (Wildman–Crippen LogP) is 2.88. The molecule has 2 heterocycles. The number of nitrogens with zero attached hydrogens (tertiary/aromatic N) is 4. The zero-order chi connectivity index (χ0) is 21.9. The van der Waals surface area contributed by atoms with E-state index in [-0.39, 0.29) is 5.92 Å². The Bertz CT molecular complexity index is 950. The monoisotopic (exact) mass is 436 g/mol. The van der Waals surface area contributed by atoms with E-state index < -0.39 is 9.84 Å². The lowest BCUT2D eigenvalue weighted by atomic mass is 10.2. The van der Waals surface area contributed by atoms with Crippen molar-refractivity contribution in [2.75, 3.05) is 43.9 Å². The molecule has 3 rings (SSSR count). The summed E-state index contributed by atoms with van der Waals surface area (Å²) in [5.74, 6) is 1.71. The summed E-state index contributed by atoms with van der Waals surface area (Å²) in [6.07, 6.45) is 2.12. The Morgan fingerprint density at radius 1 is 1.17 bits per heavy atom. The van der Waals surface area contributed by atoms with Crippen molar-refractivity contribution in [2.24, 2.45) is 0 Å². The molecule has 0 saturated carbocycles. The zero-order valence-electron chi connectivity index (χ0n) is 18.5. The number of piperazine rings is 1. The Morgan fingerprint density at radius 2 is 1.87 bits per heavy atom. The second kappa shape index (κ2) is 9.34. The van der Waals surface area contributed by atoms with Crippen LogP contribution in [0.3, 0.4) is 0 Å². The number of hydrogen-bond acceptors (Lipinski definition) is 8. The van der Waals surface area contributed by atoms with Crippen molar-refractivity contribution < 1.29 is 17.7 Å². The molecule has 1 fully saturated rings. The van der Waals surface area contributed by atoms with Gasteiger partial charge in [-0.05, 0) is 44.0 Å². The lowest BCUT2D eigenvalue weighted by molar-refractivity contribution is 0.163. The van der Waals surface area contributed by atoms with E-state index in [9.17, 15) is 8.42 Å². The van der Waals surface area contributed by atoms with Gasteiger partial charge < -0.3 is 14.2 Å². The average molecular weight is 437 g/mol. The fraction of sp³-hybridized carbons (Fsp3) is 0.619. The predicted molar refractivity (Wildman–Crippen MR) is 116 cm³/mol. The molecule has 166 valence electrons. The van der Waals surface area contributed by atoms with Crippen molar-refractivity contribution in [1.82, 2.24) is 15.0 Å². The minimum atomic E-state index is -3.21. The lowest BCUT2D eigenvalue weighted by Gasteiger charge is -2.37. The van der Waals surface area contributed by atoms with E-state index in [2.05, 4.69) is 40.7 Å². The molecule has 1 aliphatic rings. The normalized spacial score (nSPS) is 16.8. The fourth-order valence-electron chi connectivity index (χ4n) is 3.60. The highest BCUT2D eigenvalue weighted by Gasteiger charge is 2.24. The van der Waals surface area contributed by atoms with Crippen molar-refractivity contribution in [1.29, 1.82) is 0 Å². The van der Waals surface area contributed by atoms with Gasteiger partial charge in [0.2, 0.25) is 0 Å². The SMILES string of the molecule is Cc1cc(OCCC(C)N2CCN(c3nc(C(C)C)no3)CC2)ccc1S(C)(=O)=O. The molecular weight excluding hydrogens is 404 g/mol. The Labute approximate surface area is 179 Å². The minimum absolute atomic E-state index is 0.259. The smallest absolute Gasteiger partial charge is 0.324 e. The maximum absolute atomic E-state index is 11.7. The molecule has 0 N–H and O–H groups in total. The van der Waals surface area contributed by atoms with Crippen LogP contribution in [0.5, 0.6) is 5.75 Å². The number of ether oxygens (including phenoxy) is 1. The second-order valence-electron chi connectivity index (χ2n) is 8.30. The molecule has 8 nitrogen and oxygen atoms in total. The van der Waals surface area contributed by atoms with Gasteiger partial charge in [-0.1, -0.05) is 19.0 Å². The Kier molecular flexibility index (Phi) is 7.02. The summed E-state index contributed by atoms with van der Waals surface area (Å²) < 4.78 is 34.7. The van der Waals surface area contributed by atoms with Crippen molar-refractivity contribution >= 4 is 15.9 Å². The van der Waals surface area contributed by atoms with Crippen LogP contribution in [0.2, 0.25) is 0 Å². The average Bonchev–Trinajstić information content (AvgIpc) is 3.18. The summed E-state index contributed by atoms with van der Waals surface area (Å²) in [5.41, 5.74) is 0.709. The summed E-state index contributed by atoms with van der Waals surface area (Å²) in [5, 5.41) is 4.05. The highest BCUT2D eigenvalue weighted by Crippen LogP contribution is 2.22. The van der Waals surface area contributed by atoms with E-state index in [1.807, 2.05) is 0 Å². The largest absolute Gasteiger partial charge is 0.494 e. The van der Waals surface area contributed by atoms with Crippen LogP contribution in [0.25, 0.3) is 0 Å². The molecule has 1 aromatic carbocycles. The summed E-state index contributed by atoms with van der Waals surface area (Å²) in [6.45, 7) is 12.3. The summed E-state index contributed by atoms with van der Waals surface area (Å²) in [6, 6.07) is 6.13. The van der Waals surface area contributed by atoms with Crippen LogP contribution in [0.1, 0.15) is 44.5 Å². The Morgan fingerprint density at radius 3 is 2.43 bits per heavy atom. The third-order valence-electron chi connectivity index (χ3n) is 5.51. The van der Waals surface area contributed by atoms with Gasteiger partial charge in [-0.15, -0.1) is 0 Å². The molecule has 9 heteroatoms. The summed E-state index contributed by atoms with van der Waals surface area (Å²) in [7, 11) is -3.21. The van der Waals surface area contributed by atoms with Gasteiger partial charge >= 0.3 is 6.01 Å². The minimum Gasteiger partial charge on any atom is -0.494 e. The van der Waals surface area contributed by atoms with Crippen LogP contribution in [0.15, 0.2) is 27.6 Å². The molecule has 0 amide bonds. The molecule has 1 saturated heterocycles. The molecule has 30 heavy (non-hydrogen) atoms. The number of hydrogen-bond donors (Lipinski definition) is 0. The number of aromatic nitrogens is 2. The van der Waals surface area contributed by atoms with Gasteiger partial charge in [0.25, 0.3) is 0 Å². The number of benzene rings is 1. The molecule has 0 radical (unpaired) electrons. The molecule has 0 spiro atoms. The van der Waals surface area contributed by atoms with E-state index in [4.69, 9.17) is 9.26 Å². The van der Waals surface area contributed by atoms with Crippen molar-refractivity contribution in [3.05, 3.63) is 29.6 Å². The van der Waals surface area contributed by atoms with Gasteiger partial charge in [0.05, 0.1) is 11.5 Å². The first-order chi connectivity index (χ1) is 14.1. The van der Waals surface area contributed by atoms with E-state index in [0.29, 0.717) is 34.9 Å². The van der Waals surface area contributed by atoms with Crippen LogP contribution in [-0.2, 0) is 9.84 Å². The molecule has 1 atom stereocenters. The van der Waals surface area contributed by atoms with Crippen molar-refractivity contribution in [2.45, 2.75) is 51.0 Å². The highest BCUT2D eigenvalue weighted by atomic mass is 32.2. The van der Waals surface area contributed by atoms with Crippen molar-refractivity contribution in [3.8, 4) is 5.75 Å². The van der Waals surface area contributed by atoms with Crippen LogP contribution in [0.4, 0.5) is 6.01 Å². The van der Waals surface area contributed by atoms with Gasteiger partial charge in [0, 0.05) is 44.4 Å². The van der Waals surface area contributed by atoms with E-state index >= 15 is 0 Å². The number of anilines is 1. The lowest BCUT2D eigenvalue weighted by Crippen LogP contribution is -2.50. The Hall–Kier alpha value is -2.13. The van der Waals surface area contributed by atoms with Gasteiger partial charge in [0.1, 0.15) is 5.75 Å². The maximum Gasteiger partial charge on any atom is 0.324 e. The molecule has 2 aromatic rings. The standard InChI is InChI=1S/C21H32N4O4S/c1-15(2)20-22-21(29-23-20)25-11-9-24(10-12-25)17(4)8-13-28-18-6-7-19(16(3)14-18)30(5,26)27/h6-7,14-15,17H,8-13H2,1-5H3. The van der Waals surface area contributed by atoms with Crippen LogP contribution >= 0.6 is 0 Å². The highest BCUT2D eigenvalue weighted by molar-refractivity contribution is 7.90. The number of aryl methyl sites for hydroxylation is 1. The third kappa shape index (κ3) is 5.51. The third-order valence-corrected chi connectivity index (χ3v) is 6.76. The molecule has 1 unspecified atom stereocenters. The van der Waals surface area contributed by atoms with Gasteiger partial charge in [0.15, 0.2) is 15.7 Å². The molecule has 0 aliphatic carbocycles. The molecule has 1 aliphatic heterocycles. The quantitative estimate of drug-likeness (QED) is 0.624. The fourth-order valence-corrected chi connectivity index (χ4v) is 4.56. The number of rotatable bonds is 8. The molecule has 0 bridgehead atoms. The van der Waals surface area contributed by atoms with Crippen LogP contribution in [0, 0.1) is 6.92 Å². The zero-order valence-corrected chi connectivity index (χ0v) is 19.3. The first-order valence-electron chi connectivity index (χ1n) is 10.4. The van der Waals surface area contributed by atoms with E-state index in [1.54, 1.807) is 25.1 Å². The van der Waals surface area contributed by atoms with Crippen LogP contribution in [-0.4, -0.2) is 68.5 Å².